The van der Waals surface area contributed by atoms with Crippen molar-refractivity contribution >= 4 is 43.7 Å². The van der Waals surface area contributed by atoms with Crippen LogP contribution in [0, 0.1) is 0 Å². The molecule has 1 aliphatic carbocycles. The predicted octanol–water partition coefficient (Wildman–Crippen LogP) is 14.9. The van der Waals surface area contributed by atoms with Crippen molar-refractivity contribution < 1.29 is 4.42 Å². The summed E-state index contributed by atoms with van der Waals surface area (Å²) in [5.74, 6) is 1.85. The van der Waals surface area contributed by atoms with Gasteiger partial charge in [0.25, 0.3) is 0 Å². The molecule has 0 atom stereocenters. The van der Waals surface area contributed by atoms with Gasteiger partial charge in [-0.2, -0.15) is 0 Å². The Morgan fingerprint density at radius 1 is 0.400 bits per heavy atom. The summed E-state index contributed by atoms with van der Waals surface area (Å²) in [6.45, 7) is 4.67. The molecular weight excluding hydrogens is 795 g/mol. The van der Waals surface area contributed by atoms with Crippen LogP contribution in [0.3, 0.4) is 0 Å². The van der Waals surface area contributed by atoms with Crippen LogP contribution >= 0.6 is 0 Å². The molecule has 0 fully saturated rings. The van der Waals surface area contributed by atoms with Gasteiger partial charge in [0.2, 0.25) is 0 Å². The van der Waals surface area contributed by atoms with Gasteiger partial charge in [-0.05, 0) is 105 Å². The minimum absolute atomic E-state index is 0.189. The van der Waals surface area contributed by atoms with Crippen molar-refractivity contribution in [3.05, 3.63) is 212 Å². The maximum Gasteiger partial charge on any atom is 0.164 e. The van der Waals surface area contributed by atoms with Gasteiger partial charge >= 0.3 is 0 Å². The Balaban J connectivity index is 0.898. The van der Waals surface area contributed by atoms with Crippen LogP contribution in [0.5, 0.6) is 0 Å². The zero-order valence-corrected chi connectivity index (χ0v) is 35.7. The first-order valence-corrected chi connectivity index (χ1v) is 22.0. The van der Waals surface area contributed by atoms with Gasteiger partial charge in [0.15, 0.2) is 17.5 Å². The van der Waals surface area contributed by atoms with Gasteiger partial charge in [-0.25, -0.2) is 15.0 Å². The van der Waals surface area contributed by atoms with E-state index >= 15 is 0 Å². The summed E-state index contributed by atoms with van der Waals surface area (Å²) in [6, 6.07) is 66.5. The molecule has 0 radical (unpaired) electrons. The van der Waals surface area contributed by atoms with Crippen molar-refractivity contribution in [3.63, 3.8) is 0 Å². The van der Waals surface area contributed by atoms with Gasteiger partial charge in [0, 0.05) is 61.7 Å². The Hall–Kier alpha value is -8.48. The molecule has 65 heavy (non-hydrogen) atoms. The van der Waals surface area contributed by atoms with E-state index in [1.807, 2.05) is 48.7 Å². The molecule has 13 rings (SSSR count). The molecule has 0 unspecified atom stereocenters. The lowest BCUT2D eigenvalue weighted by Crippen LogP contribution is -2.15. The highest BCUT2D eigenvalue weighted by molar-refractivity contribution is 6.11. The van der Waals surface area contributed by atoms with E-state index in [2.05, 4.69) is 169 Å². The number of benzene rings is 8. The molecule has 0 saturated carbocycles. The van der Waals surface area contributed by atoms with Gasteiger partial charge in [-0.1, -0.05) is 141 Å². The zero-order chi connectivity index (χ0) is 43.2. The fourth-order valence-electron chi connectivity index (χ4n) is 10.0. The van der Waals surface area contributed by atoms with Crippen LogP contribution in [-0.2, 0) is 5.41 Å². The van der Waals surface area contributed by atoms with Gasteiger partial charge in [0.05, 0.1) is 11.0 Å². The Morgan fingerprint density at radius 2 is 1.03 bits per heavy atom. The van der Waals surface area contributed by atoms with Crippen molar-refractivity contribution in [3.8, 4) is 73.2 Å². The standard InChI is InChI=1S/C59H39N5O/c1-59(2)50-32-40(25-27-44(50)47-33-49-46-18-7-9-20-54(46)65-55(49)34-51(47)59)39-26-28-53-48(31-39)45-17-6-8-19-52(45)64(53)43-16-10-14-41(30-43)58-62-56(37-12-4-3-5-13-37)61-57(63-58)38-23-21-36(22-24-38)42-15-11-29-60-35-42/h3-35H,1-2H3. The average molecular weight is 834 g/mol. The molecule has 0 bridgehead atoms. The number of nitrogens with zero attached hydrogens (tertiary/aromatic N) is 5. The quantitative estimate of drug-likeness (QED) is 0.167. The third-order valence-electron chi connectivity index (χ3n) is 13.3. The van der Waals surface area contributed by atoms with E-state index in [9.17, 15) is 0 Å². The van der Waals surface area contributed by atoms with E-state index in [1.54, 1.807) is 6.20 Å². The maximum absolute atomic E-state index is 6.35. The molecule has 12 aromatic rings. The molecule has 4 aromatic heterocycles. The first-order valence-electron chi connectivity index (χ1n) is 22.0. The van der Waals surface area contributed by atoms with Crippen LogP contribution in [-0.4, -0.2) is 24.5 Å². The summed E-state index contributed by atoms with van der Waals surface area (Å²) in [5.41, 5.74) is 17.5. The van der Waals surface area contributed by atoms with Gasteiger partial charge in [-0.15, -0.1) is 0 Å². The highest BCUT2D eigenvalue weighted by atomic mass is 16.3. The average Bonchev–Trinajstić information content (AvgIpc) is 3.98. The molecule has 6 heteroatoms. The third-order valence-corrected chi connectivity index (χ3v) is 13.3. The van der Waals surface area contributed by atoms with Gasteiger partial charge < -0.3 is 8.98 Å². The monoisotopic (exact) mass is 833 g/mol. The minimum Gasteiger partial charge on any atom is -0.456 e. The van der Waals surface area contributed by atoms with E-state index in [4.69, 9.17) is 19.4 Å². The third kappa shape index (κ3) is 5.95. The number of rotatable bonds is 6. The molecule has 0 aliphatic heterocycles. The van der Waals surface area contributed by atoms with Gasteiger partial charge in [-0.3, -0.25) is 4.98 Å². The van der Waals surface area contributed by atoms with Crippen LogP contribution < -0.4 is 0 Å². The molecule has 6 nitrogen and oxygen atoms in total. The van der Waals surface area contributed by atoms with E-state index < -0.39 is 0 Å². The second kappa shape index (κ2) is 14.3. The number of hydrogen-bond acceptors (Lipinski definition) is 5. The Kier molecular flexibility index (Phi) is 8.15. The fourth-order valence-corrected chi connectivity index (χ4v) is 10.0. The molecule has 0 spiro atoms. The Morgan fingerprint density at radius 3 is 1.85 bits per heavy atom. The molecular formula is C59H39N5O. The van der Waals surface area contributed by atoms with E-state index in [-0.39, 0.29) is 5.41 Å². The van der Waals surface area contributed by atoms with E-state index in [0.29, 0.717) is 17.5 Å². The summed E-state index contributed by atoms with van der Waals surface area (Å²) in [6.07, 6.45) is 3.66. The highest BCUT2D eigenvalue weighted by Crippen LogP contribution is 2.52. The summed E-state index contributed by atoms with van der Waals surface area (Å²) in [5, 5.41) is 4.71. The second-order valence-corrected chi connectivity index (χ2v) is 17.5. The molecule has 4 heterocycles. The molecule has 0 amide bonds. The van der Waals surface area contributed by atoms with Crippen LogP contribution in [0.4, 0.5) is 0 Å². The summed E-state index contributed by atoms with van der Waals surface area (Å²) < 4.78 is 8.71. The molecule has 1 aliphatic rings. The van der Waals surface area contributed by atoms with Crippen molar-refractivity contribution in [1.29, 1.82) is 0 Å². The smallest absolute Gasteiger partial charge is 0.164 e. The SMILES string of the molecule is CC1(C)c2cc(-c3ccc4c(c3)c3ccccc3n4-c3cccc(-c4nc(-c5ccccc5)nc(-c5ccc(-c6cccnc6)cc5)n4)c3)ccc2-c2cc3c(cc21)oc1ccccc13. The topological polar surface area (TPSA) is 69.6 Å². The lowest BCUT2D eigenvalue weighted by molar-refractivity contribution is 0.647. The van der Waals surface area contributed by atoms with Crippen molar-refractivity contribution in [2.24, 2.45) is 0 Å². The first-order chi connectivity index (χ1) is 31.9. The number of pyridine rings is 1. The minimum atomic E-state index is -0.189. The Labute approximate surface area is 375 Å². The molecule has 306 valence electrons. The molecule has 0 N–H and O–H groups in total. The largest absolute Gasteiger partial charge is 0.456 e. The summed E-state index contributed by atoms with van der Waals surface area (Å²) >= 11 is 0. The number of furan rings is 1. The molecule has 8 aromatic carbocycles. The van der Waals surface area contributed by atoms with Crippen LogP contribution in [0.1, 0.15) is 25.0 Å². The predicted molar refractivity (Wildman–Crippen MR) is 264 cm³/mol. The Bertz CT molecular complexity index is 3850. The summed E-state index contributed by atoms with van der Waals surface area (Å²) in [7, 11) is 0. The van der Waals surface area contributed by atoms with Crippen molar-refractivity contribution in [2.75, 3.05) is 0 Å². The molecule has 0 saturated heterocycles. The second-order valence-electron chi connectivity index (χ2n) is 17.5. The number of para-hydroxylation sites is 2. The lowest BCUT2D eigenvalue weighted by Gasteiger charge is -2.22. The maximum atomic E-state index is 6.35. The normalized spacial score (nSPS) is 12.9. The van der Waals surface area contributed by atoms with Crippen LogP contribution in [0.25, 0.3) is 117 Å². The van der Waals surface area contributed by atoms with E-state index in [0.717, 1.165) is 66.5 Å². The van der Waals surface area contributed by atoms with Crippen molar-refractivity contribution in [2.45, 2.75) is 19.3 Å². The lowest BCUT2D eigenvalue weighted by atomic mass is 9.81. The summed E-state index contributed by atoms with van der Waals surface area (Å²) in [4.78, 5) is 19.5. The van der Waals surface area contributed by atoms with Crippen molar-refractivity contribution in [1.82, 2.24) is 24.5 Å². The number of aromatic nitrogens is 5. The zero-order valence-electron chi connectivity index (χ0n) is 35.7. The van der Waals surface area contributed by atoms with Crippen LogP contribution in [0.15, 0.2) is 205 Å². The van der Waals surface area contributed by atoms with Crippen LogP contribution in [0.2, 0.25) is 0 Å². The van der Waals surface area contributed by atoms with Gasteiger partial charge in [0.1, 0.15) is 11.2 Å². The number of fused-ring (bicyclic) bond motifs is 9. The fraction of sp³-hybridized carbons (Fsp3) is 0.0508. The first kappa shape index (κ1) is 37.1. The highest BCUT2D eigenvalue weighted by Gasteiger charge is 2.36. The number of hydrogen-bond donors (Lipinski definition) is 0. The van der Waals surface area contributed by atoms with E-state index in [1.165, 1.54) is 44.2 Å².